The second-order valence-corrected chi connectivity index (χ2v) is 8.27. The molecule has 0 radical (unpaired) electrons. The van der Waals surface area contributed by atoms with Gasteiger partial charge in [0.1, 0.15) is 23.9 Å². The number of benzene rings is 1. The molecule has 0 saturated carbocycles. The van der Waals surface area contributed by atoms with Gasteiger partial charge in [-0.3, -0.25) is 19.2 Å². The van der Waals surface area contributed by atoms with Gasteiger partial charge in [0.25, 0.3) is 0 Å². The van der Waals surface area contributed by atoms with E-state index in [4.69, 9.17) is 10.8 Å². The van der Waals surface area contributed by atoms with Crippen LogP contribution in [0.25, 0.3) is 0 Å². The minimum absolute atomic E-state index is 0.0263. The van der Waals surface area contributed by atoms with Crippen LogP contribution in [0.1, 0.15) is 24.8 Å². The number of hydrogen-bond donors (Lipinski definition) is 7. The third-order valence-electron chi connectivity index (χ3n) is 5.36. The molecule has 34 heavy (non-hydrogen) atoms. The third-order valence-corrected chi connectivity index (χ3v) is 5.75. The minimum Gasteiger partial charge on any atom is -0.508 e. The van der Waals surface area contributed by atoms with E-state index in [1.807, 2.05) is 0 Å². The molecule has 1 aromatic rings. The molecule has 7 N–H and O–H groups in total. The summed E-state index contributed by atoms with van der Waals surface area (Å²) in [7, 11) is 0. The highest BCUT2D eigenvalue weighted by Crippen LogP contribution is 2.21. The van der Waals surface area contributed by atoms with Crippen LogP contribution in [0, 0.1) is 0 Å². The lowest BCUT2D eigenvalue weighted by atomic mass is 10.0. The molecule has 4 unspecified atom stereocenters. The maximum Gasteiger partial charge on any atom is 0.326 e. The van der Waals surface area contributed by atoms with Crippen LogP contribution in [0.15, 0.2) is 24.3 Å². The zero-order chi connectivity index (χ0) is 25.4. The average Bonchev–Trinajstić information content (AvgIpc) is 3.28. The SMILES string of the molecule is NC(CS)C(=O)NC(Cc1ccc(O)cc1)C(=O)N1CCCC1C(=O)NC(CC(=O)O)C(=O)O. The van der Waals surface area contributed by atoms with Gasteiger partial charge in [-0.1, -0.05) is 12.1 Å². The number of phenolic OH excluding ortho intramolecular Hbond substituents is 1. The number of hydrogen-bond acceptors (Lipinski definition) is 8. The molecule has 3 amide bonds. The van der Waals surface area contributed by atoms with Gasteiger partial charge in [-0.15, -0.1) is 0 Å². The monoisotopic (exact) mass is 496 g/mol. The van der Waals surface area contributed by atoms with E-state index < -0.39 is 60.2 Å². The smallest absolute Gasteiger partial charge is 0.326 e. The molecule has 4 atom stereocenters. The van der Waals surface area contributed by atoms with E-state index in [0.717, 1.165) is 0 Å². The fourth-order valence-corrected chi connectivity index (χ4v) is 3.74. The second kappa shape index (κ2) is 12.2. The van der Waals surface area contributed by atoms with E-state index in [2.05, 4.69) is 23.3 Å². The van der Waals surface area contributed by atoms with Crippen molar-refractivity contribution < 1.29 is 39.3 Å². The van der Waals surface area contributed by atoms with E-state index in [9.17, 15) is 34.2 Å². The number of phenols is 1. The number of carbonyl (C=O) groups excluding carboxylic acids is 3. The van der Waals surface area contributed by atoms with Crippen LogP contribution in [0.5, 0.6) is 5.75 Å². The number of nitrogens with zero attached hydrogens (tertiary/aromatic N) is 1. The number of carboxylic acids is 2. The van der Waals surface area contributed by atoms with Crippen molar-refractivity contribution in [2.24, 2.45) is 5.73 Å². The first-order valence-corrected chi connectivity index (χ1v) is 11.2. The van der Waals surface area contributed by atoms with Crippen molar-refractivity contribution in [1.82, 2.24) is 15.5 Å². The summed E-state index contributed by atoms with van der Waals surface area (Å²) in [5.41, 5.74) is 6.34. The van der Waals surface area contributed by atoms with Gasteiger partial charge in [0.15, 0.2) is 0 Å². The summed E-state index contributed by atoms with van der Waals surface area (Å²) in [4.78, 5) is 62.0. The van der Waals surface area contributed by atoms with Crippen molar-refractivity contribution in [3.8, 4) is 5.75 Å². The normalized spacial score (nSPS) is 17.9. The maximum absolute atomic E-state index is 13.4. The number of thiol groups is 1. The summed E-state index contributed by atoms with van der Waals surface area (Å²) in [5, 5.41) is 32.3. The summed E-state index contributed by atoms with van der Waals surface area (Å²) in [6, 6.07) is 1.28. The first-order chi connectivity index (χ1) is 16.0. The van der Waals surface area contributed by atoms with E-state index in [0.29, 0.717) is 12.0 Å². The number of nitrogens with one attached hydrogen (secondary N) is 2. The van der Waals surface area contributed by atoms with Gasteiger partial charge in [0.2, 0.25) is 17.7 Å². The second-order valence-electron chi connectivity index (χ2n) is 7.91. The van der Waals surface area contributed by atoms with E-state index in [-0.39, 0.29) is 30.9 Å². The Morgan fingerprint density at radius 1 is 1.09 bits per heavy atom. The summed E-state index contributed by atoms with van der Waals surface area (Å²) >= 11 is 3.99. The summed E-state index contributed by atoms with van der Waals surface area (Å²) in [5.74, 6) is -4.81. The summed E-state index contributed by atoms with van der Waals surface area (Å²) in [6.45, 7) is 0.189. The molecule has 1 heterocycles. The first kappa shape index (κ1) is 26.9. The third kappa shape index (κ3) is 7.35. The highest BCUT2D eigenvalue weighted by atomic mass is 32.1. The molecule has 1 aliphatic heterocycles. The predicted octanol–water partition coefficient (Wildman–Crippen LogP) is -1.29. The summed E-state index contributed by atoms with van der Waals surface area (Å²) in [6.07, 6.45) is -0.0713. The van der Waals surface area contributed by atoms with Crippen LogP contribution < -0.4 is 16.4 Å². The van der Waals surface area contributed by atoms with E-state index >= 15 is 0 Å². The molecule has 186 valence electrons. The van der Waals surface area contributed by atoms with Crippen molar-refractivity contribution in [2.45, 2.75) is 49.9 Å². The molecule has 12 nitrogen and oxygen atoms in total. The zero-order valence-electron chi connectivity index (χ0n) is 18.2. The lowest BCUT2D eigenvalue weighted by molar-refractivity contribution is -0.148. The Labute approximate surface area is 200 Å². The lowest BCUT2D eigenvalue weighted by Crippen LogP contribution is -2.57. The number of carbonyl (C=O) groups is 5. The van der Waals surface area contributed by atoms with E-state index in [1.165, 1.54) is 17.0 Å². The average molecular weight is 497 g/mol. The van der Waals surface area contributed by atoms with Crippen molar-refractivity contribution in [3.05, 3.63) is 29.8 Å². The standard InChI is InChI=1S/C21H28N4O8S/c22-13(10-34)18(29)23-14(8-11-3-5-12(26)6-4-11)20(31)25-7-1-2-16(25)19(30)24-15(21(32)33)9-17(27)28/h3-6,13-16,26,34H,1-2,7-10,22H2,(H,23,29)(H,24,30)(H,27,28)(H,32,33). The molecule has 1 aliphatic rings. The van der Waals surface area contributed by atoms with Gasteiger partial charge in [0.05, 0.1) is 12.5 Å². The molecule has 0 spiro atoms. The van der Waals surface area contributed by atoms with E-state index in [1.54, 1.807) is 12.1 Å². The predicted molar refractivity (Wildman–Crippen MR) is 122 cm³/mol. The number of amides is 3. The number of rotatable bonds is 11. The Morgan fingerprint density at radius 3 is 2.29 bits per heavy atom. The largest absolute Gasteiger partial charge is 0.508 e. The quantitative estimate of drug-likeness (QED) is 0.182. The molecular weight excluding hydrogens is 468 g/mol. The molecule has 0 aromatic heterocycles. The van der Waals surface area contributed by atoms with Gasteiger partial charge < -0.3 is 36.6 Å². The van der Waals surface area contributed by atoms with Gasteiger partial charge in [0, 0.05) is 18.7 Å². The Bertz CT molecular complexity index is 926. The molecule has 13 heteroatoms. The highest BCUT2D eigenvalue weighted by Gasteiger charge is 2.39. The lowest BCUT2D eigenvalue weighted by Gasteiger charge is -2.30. The van der Waals surface area contributed by atoms with Crippen LogP contribution in [-0.2, 0) is 30.4 Å². The molecule has 2 rings (SSSR count). The fourth-order valence-electron chi connectivity index (χ4n) is 3.58. The number of nitrogens with two attached hydrogens (primary N) is 1. The fraction of sp³-hybridized carbons (Fsp3) is 0.476. The number of aromatic hydroxyl groups is 1. The van der Waals surface area contributed by atoms with Gasteiger partial charge in [-0.2, -0.15) is 12.6 Å². The Kier molecular flexibility index (Phi) is 9.69. The van der Waals surface area contributed by atoms with Crippen molar-refractivity contribution in [2.75, 3.05) is 12.3 Å². The Balaban J connectivity index is 2.22. The molecule has 1 fully saturated rings. The Hall–Kier alpha value is -3.32. The van der Waals surface area contributed by atoms with Gasteiger partial charge >= 0.3 is 11.9 Å². The van der Waals surface area contributed by atoms with Crippen molar-refractivity contribution in [1.29, 1.82) is 0 Å². The van der Waals surface area contributed by atoms with Crippen LogP contribution in [0.3, 0.4) is 0 Å². The molecular formula is C21H28N4O8S. The van der Waals surface area contributed by atoms with Crippen molar-refractivity contribution in [3.63, 3.8) is 0 Å². The first-order valence-electron chi connectivity index (χ1n) is 10.5. The molecule has 1 saturated heterocycles. The van der Waals surface area contributed by atoms with Gasteiger partial charge in [-0.05, 0) is 30.5 Å². The molecule has 0 aliphatic carbocycles. The highest BCUT2D eigenvalue weighted by molar-refractivity contribution is 7.80. The van der Waals surface area contributed by atoms with Crippen LogP contribution in [-0.4, -0.2) is 86.3 Å². The minimum atomic E-state index is -1.65. The summed E-state index contributed by atoms with van der Waals surface area (Å²) < 4.78 is 0. The number of carboxylic acid groups (broad SMARTS) is 2. The topological polar surface area (TPSA) is 199 Å². The zero-order valence-corrected chi connectivity index (χ0v) is 19.1. The molecule has 0 bridgehead atoms. The maximum atomic E-state index is 13.4. The molecule has 1 aromatic carbocycles. The van der Waals surface area contributed by atoms with Crippen LogP contribution >= 0.6 is 12.6 Å². The van der Waals surface area contributed by atoms with Crippen molar-refractivity contribution >= 4 is 42.3 Å². The Morgan fingerprint density at radius 2 is 1.74 bits per heavy atom. The van der Waals surface area contributed by atoms with Crippen LogP contribution in [0.4, 0.5) is 0 Å². The number of likely N-dealkylation sites (tertiary alicyclic amines) is 1. The number of aliphatic carboxylic acids is 2. The van der Waals surface area contributed by atoms with Gasteiger partial charge in [-0.25, -0.2) is 4.79 Å². The van der Waals surface area contributed by atoms with Crippen LogP contribution in [0.2, 0.25) is 0 Å².